The zero-order valence-electron chi connectivity index (χ0n) is 11.1. The average molecular weight is 273 g/mol. The molecular formula is C12H19NO4S. The van der Waals surface area contributed by atoms with E-state index in [0.29, 0.717) is 5.75 Å². The lowest BCUT2D eigenvalue weighted by Crippen LogP contribution is -2.32. The van der Waals surface area contributed by atoms with Crippen LogP contribution in [0.5, 0.6) is 11.5 Å². The maximum absolute atomic E-state index is 12.1. The Balaban J connectivity index is 3.15. The van der Waals surface area contributed by atoms with Gasteiger partial charge in [0.1, 0.15) is 16.4 Å². The molecule has 0 aliphatic rings. The van der Waals surface area contributed by atoms with Gasteiger partial charge in [-0.05, 0) is 25.5 Å². The molecule has 0 aliphatic carbocycles. The van der Waals surface area contributed by atoms with Gasteiger partial charge in [0.2, 0.25) is 10.0 Å². The summed E-state index contributed by atoms with van der Waals surface area (Å²) < 4.78 is 37.0. The molecule has 0 aromatic heterocycles. The molecule has 0 radical (unpaired) electrons. The van der Waals surface area contributed by atoms with E-state index in [1.807, 2.05) is 13.8 Å². The lowest BCUT2D eigenvalue weighted by atomic mass is 10.3. The highest BCUT2D eigenvalue weighted by Crippen LogP contribution is 2.28. The molecule has 1 atom stereocenters. The van der Waals surface area contributed by atoms with Crippen LogP contribution in [0.15, 0.2) is 23.1 Å². The molecule has 0 aliphatic heterocycles. The molecule has 0 heterocycles. The largest absolute Gasteiger partial charge is 0.497 e. The monoisotopic (exact) mass is 273 g/mol. The number of ether oxygens (including phenoxy) is 2. The third-order valence-electron chi connectivity index (χ3n) is 2.63. The summed E-state index contributed by atoms with van der Waals surface area (Å²) in [5.41, 5.74) is 0. The van der Waals surface area contributed by atoms with Gasteiger partial charge in [0.05, 0.1) is 14.2 Å². The number of hydrogen-bond acceptors (Lipinski definition) is 4. The number of hydrogen-bond donors (Lipinski definition) is 1. The lowest BCUT2D eigenvalue weighted by Gasteiger charge is -2.15. The van der Waals surface area contributed by atoms with Crippen LogP contribution >= 0.6 is 0 Å². The van der Waals surface area contributed by atoms with E-state index in [9.17, 15) is 8.42 Å². The molecule has 0 saturated carbocycles. The first kappa shape index (κ1) is 14.8. The molecule has 18 heavy (non-hydrogen) atoms. The molecule has 0 amide bonds. The van der Waals surface area contributed by atoms with Crippen LogP contribution < -0.4 is 14.2 Å². The summed E-state index contributed by atoms with van der Waals surface area (Å²) in [5.74, 6) is 0.819. The highest BCUT2D eigenvalue weighted by Gasteiger charge is 2.21. The summed E-state index contributed by atoms with van der Waals surface area (Å²) in [6.07, 6.45) is 0.720. The SMILES string of the molecule is CCC(C)NS(=O)(=O)c1ccc(OC)cc1OC. The van der Waals surface area contributed by atoms with Gasteiger partial charge in [0.25, 0.3) is 0 Å². The van der Waals surface area contributed by atoms with Crippen LogP contribution in [0.3, 0.4) is 0 Å². The molecule has 0 spiro atoms. The molecule has 5 nitrogen and oxygen atoms in total. The van der Waals surface area contributed by atoms with Crippen molar-refractivity contribution < 1.29 is 17.9 Å². The highest BCUT2D eigenvalue weighted by atomic mass is 32.2. The highest BCUT2D eigenvalue weighted by molar-refractivity contribution is 7.89. The molecule has 0 saturated heterocycles. The van der Waals surface area contributed by atoms with Crippen LogP contribution in [0.1, 0.15) is 20.3 Å². The van der Waals surface area contributed by atoms with Crippen LogP contribution in [0, 0.1) is 0 Å². The van der Waals surface area contributed by atoms with Crippen LogP contribution in [0.4, 0.5) is 0 Å². The predicted octanol–water partition coefficient (Wildman–Crippen LogP) is 1.78. The molecule has 102 valence electrons. The fourth-order valence-corrected chi connectivity index (χ4v) is 2.89. The summed E-state index contributed by atoms with van der Waals surface area (Å²) in [7, 11) is -0.628. The standard InChI is InChI=1S/C12H19NO4S/c1-5-9(2)13-18(14,15)12-7-6-10(16-3)8-11(12)17-4/h6-9,13H,5H2,1-4H3. The first-order chi connectivity index (χ1) is 8.44. The van der Waals surface area contributed by atoms with Crippen LogP contribution in [0.25, 0.3) is 0 Å². The van der Waals surface area contributed by atoms with Crippen molar-refractivity contribution in [1.82, 2.24) is 4.72 Å². The second-order valence-corrected chi connectivity index (χ2v) is 5.63. The van der Waals surface area contributed by atoms with E-state index >= 15 is 0 Å². The summed E-state index contributed by atoms with van der Waals surface area (Å²) in [5, 5.41) is 0. The zero-order valence-corrected chi connectivity index (χ0v) is 11.9. The Morgan fingerprint density at radius 2 is 1.94 bits per heavy atom. The molecule has 0 bridgehead atoms. The van der Waals surface area contributed by atoms with Crippen molar-refractivity contribution in [3.05, 3.63) is 18.2 Å². The number of rotatable bonds is 6. The van der Waals surface area contributed by atoms with Crippen molar-refractivity contribution >= 4 is 10.0 Å². The molecule has 1 unspecified atom stereocenters. The first-order valence-corrected chi connectivity index (χ1v) is 7.17. The molecule has 1 rings (SSSR count). The quantitative estimate of drug-likeness (QED) is 0.858. The molecule has 0 fully saturated rings. The van der Waals surface area contributed by atoms with E-state index in [0.717, 1.165) is 6.42 Å². The normalized spacial score (nSPS) is 13.1. The molecule has 1 aromatic carbocycles. The summed E-state index contributed by atoms with van der Waals surface area (Å²) >= 11 is 0. The van der Waals surface area contributed by atoms with Crippen molar-refractivity contribution in [2.45, 2.75) is 31.2 Å². The van der Waals surface area contributed by atoms with Gasteiger partial charge < -0.3 is 9.47 Å². The minimum absolute atomic E-state index is 0.117. The van der Waals surface area contributed by atoms with Gasteiger partial charge in [-0.2, -0.15) is 0 Å². The van der Waals surface area contributed by atoms with Crippen LogP contribution in [-0.4, -0.2) is 28.7 Å². The number of sulfonamides is 1. The third kappa shape index (κ3) is 3.36. The predicted molar refractivity (Wildman–Crippen MR) is 69.6 cm³/mol. The topological polar surface area (TPSA) is 64.6 Å². The van der Waals surface area contributed by atoms with Crippen LogP contribution in [-0.2, 0) is 10.0 Å². The molecule has 6 heteroatoms. The maximum Gasteiger partial charge on any atom is 0.244 e. The number of benzene rings is 1. The Labute approximate surface area is 108 Å². The Bertz CT molecular complexity index is 499. The third-order valence-corrected chi connectivity index (χ3v) is 4.26. The molecule has 1 N–H and O–H groups in total. The van der Waals surface area contributed by atoms with Gasteiger partial charge in [0, 0.05) is 12.1 Å². The van der Waals surface area contributed by atoms with E-state index in [4.69, 9.17) is 9.47 Å². The van der Waals surface area contributed by atoms with Gasteiger partial charge in [-0.15, -0.1) is 0 Å². The Morgan fingerprint density at radius 1 is 1.28 bits per heavy atom. The minimum Gasteiger partial charge on any atom is -0.497 e. The van der Waals surface area contributed by atoms with Crippen molar-refractivity contribution in [1.29, 1.82) is 0 Å². The second-order valence-electron chi connectivity index (χ2n) is 3.95. The van der Waals surface area contributed by atoms with Crippen LogP contribution in [0.2, 0.25) is 0 Å². The average Bonchev–Trinajstić information content (AvgIpc) is 2.37. The molecule has 1 aromatic rings. The fourth-order valence-electron chi connectivity index (χ4n) is 1.41. The zero-order chi connectivity index (χ0) is 13.8. The summed E-state index contributed by atoms with van der Waals surface area (Å²) in [6, 6.07) is 4.49. The van der Waals surface area contributed by atoms with E-state index < -0.39 is 10.0 Å². The number of nitrogens with one attached hydrogen (secondary N) is 1. The van der Waals surface area contributed by atoms with Crippen molar-refractivity contribution in [3.8, 4) is 11.5 Å². The summed E-state index contributed by atoms with van der Waals surface area (Å²) in [6.45, 7) is 3.73. The van der Waals surface area contributed by atoms with Crippen molar-refractivity contribution in [2.75, 3.05) is 14.2 Å². The van der Waals surface area contributed by atoms with E-state index in [1.54, 1.807) is 12.1 Å². The van der Waals surface area contributed by atoms with Gasteiger partial charge in [-0.1, -0.05) is 6.92 Å². The number of methoxy groups -OCH3 is 2. The van der Waals surface area contributed by atoms with Crippen molar-refractivity contribution in [2.24, 2.45) is 0 Å². The Morgan fingerprint density at radius 3 is 2.44 bits per heavy atom. The smallest absolute Gasteiger partial charge is 0.244 e. The maximum atomic E-state index is 12.1. The Hall–Kier alpha value is -1.27. The fraction of sp³-hybridized carbons (Fsp3) is 0.500. The molecular weight excluding hydrogens is 254 g/mol. The van der Waals surface area contributed by atoms with Gasteiger partial charge in [-0.3, -0.25) is 0 Å². The Kier molecular flexibility index (Phi) is 4.98. The summed E-state index contributed by atoms with van der Waals surface area (Å²) in [4.78, 5) is 0.117. The minimum atomic E-state index is -3.57. The first-order valence-electron chi connectivity index (χ1n) is 5.69. The van der Waals surface area contributed by atoms with E-state index in [-0.39, 0.29) is 16.7 Å². The van der Waals surface area contributed by atoms with Crippen molar-refractivity contribution in [3.63, 3.8) is 0 Å². The van der Waals surface area contributed by atoms with E-state index in [2.05, 4.69) is 4.72 Å². The van der Waals surface area contributed by atoms with Gasteiger partial charge in [-0.25, -0.2) is 13.1 Å². The van der Waals surface area contributed by atoms with Gasteiger partial charge in [0.15, 0.2) is 0 Å². The second kappa shape index (κ2) is 6.06. The lowest BCUT2D eigenvalue weighted by molar-refractivity contribution is 0.385. The van der Waals surface area contributed by atoms with Gasteiger partial charge >= 0.3 is 0 Å². The van der Waals surface area contributed by atoms with E-state index in [1.165, 1.54) is 20.3 Å².